The number of imidazole rings is 1. The molecule has 4 rings (SSSR count). The van der Waals surface area contributed by atoms with Gasteiger partial charge in [-0.25, -0.2) is 14.6 Å². The van der Waals surface area contributed by atoms with Gasteiger partial charge in [-0.1, -0.05) is 30.3 Å². The van der Waals surface area contributed by atoms with Crippen LogP contribution in [0.4, 0.5) is 4.79 Å². The summed E-state index contributed by atoms with van der Waals surface area (Å²) >= 11 is 3.39. The normalized spacial score (nSPS) is 25.3. The van der Waals surface area contributed by atoms with Crippen molar-refractivity contribution in [1.29, 1.82) is 0 Å². The van der Waals surface area contributed by atoms with Gasteiger partial charge in [0.1, 0.15) is 29.2 Å². The Morgan fingerprint density at radius 2 is 1.90 bits per heavy atom. The maximum atomic E-state index is 12.9. The number of nitrogens with zero attached hydrogens (tertiary/aromatic N) is 3. The first kappa shape index (κ1) is 20.9. The molecular formula is C21H24BrN3O5. The SMILES string of the molecule is Cn1cc(Br)nc1C1(OCC(=O)O)CC2CCC(C1)N2C(=O)OCc1ccccc1. The summed E-state index contributed by atoms with van der Waals surface area (Å²) in [6, 6.07) is 9.40. The highest BCUT2D eigenvalue weighted by atomic mass is 79.9. The summed E-state index contributed by atoms with van der Waals surface area (Å²) in [5, 5.41) is 9.20. The number of aryl methyl sites for hydroxylation is 1. The molecule has 1 aromatic carbocycles. The molecule has 0 saturated carbocycles. The van der Waals surface area contributed by atoms with E-state index in [-0.39, 0.29) is 24.8 Å². The van der Waals surface area contributed by atoms with Crippen molar-refractivity contribution in [2.24, 2.45) is 7.05 Å². The Bertz CT molecular complexity index is 918. The summed E-state index contributed by atoms with van der Waals surface area (Å²) in [6.07, 6.45) is 4.11. The molecule has 2 aromatic rings. The lowest BCUT2D eigenvalue weighted by Gasteiger charge is -2.45. The highest BCUT2D eigenvalue weighted by Gasteiger charge is 2.54. The van der Waals surface area contributed by atoms with Crippen LogP contribution >= 0.6 is 15.9 Å². The second-order valence-corrected chi connectivity index (χ2v) is 8.73. The molecule has 1 aromatic heterocycles. The first-order valence-electron chi connectivity index (χ1n) is 9.92. The van der Waals surface area contributed by atoms with Crippen molar-refractivity contribution in [3.63, 3.8) is 0 Å². The van der Waals surface area contributed by atoms with Gasteiger partial charge in [-0.3, -0.25) is 0 Å². The third-order valence-corrected chi connectivity index (χ3v) is 6.28. The largest absolute Gasteiger partial charge is 0.480 e. The second kappa shape index (κ2) is 8.39. The van der Waals surface area contributed by atoms with E-state index in [4.69, 9.17) is 9.47 Å². The van der Waals surface area contributed by atoms with E-state index in [1.54, 1.807) is 0 Å². The molecule has 2 bridgehead atoms. The van der Waals surface area contributed by atoms with Crippen molar-refractivity contribution in [1.82, 2.24) is 14.5 Å². The maximum Gasteiger partial charge on any atom is 0.410 e. The number of rotatable bonds is 6. The summed E-state index contributed by atoms with van der Waals surface area (Å²) in [6.45, 7) is -0.190. The molecule has 160 valence electrons. The lowest BCUT2D eigenvalue weighted by atomic mass is 9.85. The summed E-state index contributed by atoms with van der Waals surface area (Å²) in [7, 11) is 1.86. The van der Waals surface area contributed by atoms with Crippen LogP contribution in [0, 0.1) is 0 Å². The highest BCUT2D eigenvalue weighted by Crippen LogP contribution is 2.48. The number of hydrogen-bond donors (Lipinski definition) is 1. The molecule has 0 radical (unpaired) electrons. The number of benzene rings is 1. The summed E-state index contributed by atoms with van der Waals surface area (Å²) < 4.78 is 14.1. The number of aromatic nitrogens is 2. The molecule has 2 aliphatic heterocycles. The topological polar surface area (TPSA) is 93.9 Å². The van der Waals surface area contributed by atoms with Crippen molar-refractivity contribution in [2.45, 2.75) is 50.0 Å². The van der Waals surface area contributed by atoms with Crippen LogP contribution in [0.15, 0.2) is 41.1 Å². The highest BCUT2D eigenvalue weighted by molar-refractivity contribution is 9.10. The number of carboxylic acid groups (broad SMARTS) is 1. The van der Waals surface area contributed by atoms with E-state index < -0.39 is 18.2 Å². The van der Waals surface area contributed by atoms with Crippen LogP contribution < -0.4 is 0 Å². The Morgan fingerprint density at radius 1 is 1.23 bits per heavy atom. The van der Waals surface area contributed by atoms with E-state index in [2.05, 4.69) is 20.9 Å². The van der Waals surface area contributed by atoms with Crippen molar-refractivity contribution in [2.75, 3.05) is 6.61 Å². The number of hydrogen-bond acceptors (Lipinski definition) is 5. The zero-order valence-corrected chi connectivity index (χ0v) is 18.2. The number of piperidine rings is 1. The Labute approximate surface area is 182 Å². The summed E-state index contributed by atoms with van der Waals surface area (Å²) in [5.74, 6) is -0.357. The third-order valence-electron chi connectivity index (χ3n) is 5.89. The van der Waals surface area contributed by atoms with Gasteiger partial charge < -0.3 is 24.0 Å². The maximum absolute atomic E-state index is 12.9. The van der Waals surface area contributed by atoms with Crippen LogP contribution in [0.3, 0.4) is 0 Å². The molecule has 2 saturated heterocycles. The van der Waals surface area contributed by atoms with Crippen LogP contribution in [-0.4, -0.2) is 50.3 Å². The molecule has 1 amide bonds. The predicted molar refractivity (Wildman–Crippen MR) is 111 cm³/mol. The molecule has 1 N–H and O–H groups in total. The number of fused-ring (bicyclic) bond motifs is 2. The molecule has 2 aliphatic rings. The van der Waals surface area contributed by atoms with Crippen LogP contribution in [-0.2, 0) is 33.5 Å². The van der Waals surface area contributed by atoms with Gasteiger partial charge in [0.25, 0.3) is 0 Å². The van der Waals surface area contributed by atoms with E-state index in [1.807, 2.05) is 53.0 Å². The van der Waals surface area contributed by atoms with E-state index in [1.165, 1.54) is 0 Å². The van der Waals surface area contributed by atoms with Crippen molar-refractivity contribution >= 4 is 28.0 Å². The van der Waals surface area contributed by atoms with E-state index in [0.717, 1.165) is 18.4 Å². The molecule has 0 spiro atoms. The van der Waals surface area contributed by atoms with Crippen molar-refractivity contribution in [3.8, 4) is 0 Å². The lowest BCUT2D eigenvalue weighted by Crippen LogP contribution is -2.54. The molecule has 2 fully saturated rings. The average molecular weight is 478 g/mol. The van der Waals surface area contributed by atoms with Gasteiger partial charge in [0, 0.05) is 38.2 Å². The quantitative estimate of drug-likeness (QED) is 0.684. The van der Waals surface area contributed by atoms with Crippen molar-refractivity contribution < 1.29 is 24.2 Å². The molecule has 30 heavy (non-hydrogen) atoms. The van der Waals surface area contributed by atoms with E-state index in [9.17, 15) is 14.7 Å². The minimum absolute atomic E-state index is 0.0868. The molecule has 8 nitrogen and oxygen atoms in total. The van der Waals surface area contributed by atoms with E-state index >= 15 is 0 Å². The number of ether oxygens (including phenoxy) is 2. The number of halogens is 1. The Balaban J connectivity index is 1.53. The zero-order valence-electron chi connectivity index (χ0n) is 16.7. The standard InChI is InChI=1S/C21H24BrN3O5/c1-24-11-17(22)23-19(24)21(30-13-18(26)27)9-15-7-8-16(10-21)25(15)20(28)29-12-14-5-3-2-4-6-14/h2-6,11,15-16H,7-10,12-13H2,1H3,(H,26,27). The van der Waals surface area contributed by atoms with Gasteiger partial charge in [0.2, 0.25) is 0 Å². The third kappa shape index (κ3) is 4.09. The van der Waals surface area contributed by atoms with Gasteiger partial charge in [0.15, 0.2) is 0 Å². The Hall–Kier alpha value is -2.39. The van der Waals surface area contributed by atoms with Crippen molar-refractivity contribution in [3.05, 3.63) is 52.5 Å². The van der Waals surface area contributed by atoms with E-state index in [0.29, 0.717) is 23.3 Å². The minimum Gasteiger partial charge on any atom is -0.480 e. The lowest BCUT2D eigenvalue weighted by molar-refractivity contribution is -0.159. The predicted octanol–water partition coefficient (Wildman–Crippen LogP) is 3.44. The van der Waals surface area contributed by atoms with Gasteiger partial charge in [-0.15, -0.1) is 0 Å². The fourth-order valence-electron chi connectivity index (χ4n) is 4.72. The van der Waals surface area contributed by atoms with Gasteiger partial charge in [0.05, 0.1) is 0 Å². The van der Waals surface area contributed by atoms with Crippen LogP contribution in [0.1, 0.15) is 37.1 Å². The van der Waals surface area contributed by atoms with Gasteiger partial charge >= 0.3 is 12.1 Å². The number of carbonyl (C=O) groups excluding carboxylic acids is 1. The first-order valence-corrected chi connectivity index (χ1v) is 10.7. The smallest absolute Gasteiger partial charge is 0.410 e. The fourth-order valence-corrected chi connectivity index (χ4v) is 5.19. The average Bonchev–Trinajstić information content (AvgIpc) is 3.21. The minimum atomic E-state index is -1.03. The monoisotopic (exact) mass is 477 g/mol. The fraction of sp³-hybridized carbons (Fsp3) is 0.476. The Kier molecular flexibility index (Phi) is 5.84. The van der Waals surface area contributed by atoms with Gasteiger partial charge in [-0.05, 0) is 34.3 Å². The molecule has 0 aliphatic carbocycles. The van der Waals surface area contributed by atoms with Gasteiger partial charge in [-0.2, -0.15) is 0 Å². The molecule has 2 unspecified atom stereocenters. The summed E-state index contributed by atoms with van der Waals surface area (Å²) in [4.78, 5) is 30.5. The molecule has 3 heterocycles. The van der Waals surface area contributed by atoms with Crippen LogP contribution in [0.25, 0.3) is 0 Å². The zero-order chi connectivity index (χ0) is 21.3. The number of carboxylic acids is 1. The number of aliphatic carboxylic acids is 1. The van der Waals surface area contributed by atoms with Crippen LogP contribution in [0.5, 0.6) is 0 Å². The first-order chi connectivity index (χ1) is 14.4. The number of carbonyl (C=O) groups is 2. The summed E-state index contributed by atoms with van der Waals surface area (Å²) in [5.41, 5.74) is 0.0773. The number of amides is 1. The molecule has 2 atom stereocenters. The molecular weight excluding hydrogens is 454 g/mol. The second-order valence-electron chi connectivity index (χ2n) is 7.92. The molecule has 9 heteroatoms. The Morgan fingerprint density at radius 3 is 2.47 bits per heavy atom. The van der Waals surface area contributed by atoms with Crippen LogP contribution in [0.2, 0.25) is 0 Å².